The first-order valence-corrected chi connectivity index (χ1v) is 8.81. The van der Waals surface area contributed by atoms with Crippen LogP contribution in [0.3, 0.4) is 0 Å². The monoisotopic (exact) mass is 296 g/mol. The number of hydrogen-bond acceptors (Lipinski definition) is 2. The van der Waals surface area contributed by atoms with Crippen LogP contribution < -0.4 is 5.32 Å². The molecule has 0 unspecified atom stereocenters. The number of hydrogen-bond donors (Lipinski definition) is 1. The highest BCUT2D eigenvalue weighted by atomic mass is 16.2. The van der Waals surface area contributed by atoms with E-state index in [0.29, 0.717) is 5.91 Å². The first-order valence-electron chi connectivity index (χ1n) is 8.81. The Bertz CT molecular complexity index is 347. The number of rotatable bonds is 6. The smallest absolute Gasteiger partial charge is 0.243 e. The van der Waals surface area contributed by atoms with Crippen LogP contribution in [0.5, 0.6) is 0 Å². The highest BCUT2D eigenvalue weighted by Gasteiger charge is 2.52. The van der Waals surface area contributed by atoms with Gasteiger partial charge in [0.05, 0.1) is 5.54 Å². The molecule has 1 saturated heterocycles. The van der Waals surface area contributed by atoms with Crippen LogP contribution in [0.25, 0.3) is 0 Å². The molecule has 0 aromatic heterocycles. The summed E-state index contributed by atoms with van der Waals surface area (Å²) in [4.78, 5) is 15.4. The molecule has 0 spiro atoms. The van der Waals surface area contributed by atoms with Crippen molar-refractivity contribution in [1.82, 2.24) is 10.2 Å². The average Bonchev–Trinajstić information content (AvgIpc) is 2.41. The Labute approximate surface area is 131 Å². The minimum Gasteiger partial charge on any atom is -0.334 e. The zero-order chi connectivity index (χ0) is 16.3. The fourth-order valence-electron chi connectivity index (χ4n) is 3.74. The number of amides is 1. The molecule has 0 radical (unpaired) electrons. The largest absolute Gasteiger partial charge is 0.334 e. The second kappa shape index (κ2) is 6.68. The van der Waals surface area contributed by atoms with E-state index in [9.17, 15) is 4.79 Å². The molecule has 0 atom stereocenters. The number of piperazine rings is 1. The van der Waals surface area contributed by atoms with E-state index in [2.05, 4.69) is 58.7 Å². The lowest BCUT2D eigenvalue weighted by atomic mass is 9.76. The summed E-state index contributed by atoms with van der Waals surface area (Å²) in [6, 6.07) is 0. The van der Waals surface area contributed by atoms with Crippen molar-refractivity contribution in [3.05, 3.63) is 0 Å². The van der Waals surface area contributed by atoms with Crippen molar-refractivity contribution in [2.45, 2.75) is 104 Å². The Morgan fingerprint density at radius 1 is 1.05 bits per heavy atom. The Hall–Kier alpha value is -0.570. The normalized spacial score (nSPS) is 21.7. The fourth-order valence-corrected chi connectivity index (χ4v) is 3.74. The molecule has 124 valence electrons. The second-order valence-corrected chi connectivity index (χ2v) is 7.76. The average molecular weight is 296 g/mol. The maximum Gasteiger partial charge on any atom is 0.243 e. The minimum atomic E-state index is -0.360. The van der Waals surface area contributed by atoms with Crippen molar-refractivity contribution in [2.75, 3.05) is 6.54 Å². The summed E-state index contributed by atoms with van der Waals surface area (Å²) in [7, 11) is 0. The van der Waals surface area contributed by atoms with Gasteiger partial charge in [-0.2, -0.15) is 0 Å². The molecule has 0 saturated carbocycles. The molecule has 1 aliphatic heterocycles. The summed E-state index contributed by atoms with van der Waals surface area (Å²) >= 11 is 0. The highest BCUT2D eigenvalue weighted by molar-refractivity contribution is 5.88. The number of nitrogens with zero attached hydrogens (tertiary/aromatic N) is 1. The van der Waals surface area contributed by atoms with Crippen LogP contribution in [0.1, 0.15) is 87.0 Å². The molecule has 1 aliphatic rings. The van der Waals surface area contributed by atoms with E-state index in [1.807, 2.05) is 0 Å². The maximum atomic E-state index is 13.3. The third-order valence-electron chi connectivity index (χ3n) is 5.14. The van der Waals surface area contributed by atoms with Gasteiger partial charge in [0.1, 0.15) is 0 Å². The quantitative estimate of drug-likeness (QED) is 0.800. The lowest BCUT2D eigenvalue weighted by Gasteiger charge is -2.56. The number of nitrogens with one attached hydrogen (secondary N) is 1. The summed E-state index contributed by atoms with van der Waals surface area (Å²) < 4.78 is 0. The van der Waals surface area contributed by atoms with E-state index >= 15 is 0 Å². The topological polar surface area (TPSA) is 32.3 Å². The molecule has 21 heavy (non-hydrogen) atoms. The van der Waals surface area contributed by atoms with E-state index in [-0.39, 0.29) is 16.6 Å². The van der Waals surface area contributed by atoms with Crippen molar-refractivity contribution in [3.63, 3.8) is 0 Å². The molecule has 0 aromatic rings. The van der Waals surface area contributed by atoms with Gasteiger partial charge < -0.3 is 4.90 Å². The molecule has 1 fully saturated rings. The summed E-state index contributed by atoms with van der Waals surface area (Å²) in [5.41, 5.74) is -0.409. The van der Waals surface area contributed by atoms with Gasteiger partial charge >= 0.3 is 0 Å². The highest BCUT2D eigenvalue weighted by Crippen LogP contribution is 2.36. The van der Waals surface area contributed by atoms with Crippen molar-refractivity contribution in [2.24, 2.45) is 0 Å². The van der Waals surface area contributed by atoms with Crippen molar-refractivity contribution in [1.29, 1.82) is 0 Å². The zero-order valence-corrected chi connectivity index (χ0v) is 15.3. The molecular weight excluding hydrogens is 260 g/mol. The van der Waals surface area contributed by atoms with Crippen LogP contribution in [0.2, 0.25) is 0 Å². The summed E-state index contributed by atoms with van der Waals surface area (Å²) in [6.45, 7) is 16.2. The van der Waals surface area contributed by atoms with Crippen molar-refractivity contribution >= 4 is 5.91 Å². The van der Waals surface area contributed by atoms with Crippen LogP contribution >= 0.6 is 0 Å². The fraction of sp³-hybridized carbons (Fsp3) is 0.944. The molecule has 1 amide bonds. The van der Waals surface area contributed by atoms with Crippen LogP contribution in [-0.4, -0.2) is 34.0 Å². The molecule has 1 N–H and O–H groups in total. The van der Waals surface area contributed by atoms with Gasteiger partial charge in [-0.15, -0.1) is 0 Å². The van der Waals surface area contributed by atoms with E-state index in [1.165, 1.54) is 0 Å². The van der Waals surface area contributed by atoms with Crippen LogP contribution in [-0.2, 0) is 4.79 Å². The molecule has 3 nitrogen and oxygen atoms in total. The summed E-state index contributed by atoms with van der Waals surface area (Å²) in [5, 5.41) is 3.84. The van der Waals surface area contributed by atoms with Crippen molar-refractivity contribution in [3.8, 4) is 0 Å². The van der Waals surface area contributed by atoms with Gasteiger partial charge in [-0.05, 0) is 46.5 Å². The van der Waals surface area contributed by atoms with E-state index in [0.717, 1.165) is 45.1 Å². The van der Waals surface area contributed by atoms with Gasteiger partial charge in [-0.3, -0.25) is 10.1 Å². The Kier molecular flexibility index (Phi) is 5.88. The standard InChI is InChI=1S/C18H36N2O/c1-8-12-18(13-9-2)15(21)20(16(5,6)7)14-17(10-3,11-4)19-18/h19H,8-14H2,1-7H3. The van der Waals surface area contributed by atoms with Gasteiger partial charge in [-0.25, -0.2) is 0 Å². The van der Waals surface area contributed by atoms with E-state index in [4.69, 9.17) is 0 Å². The van der Waals surface area contributed by atoms with E-state index in [1.54, 1.807) is 0 Å². The zero-order valence-electron chi connectivity index (χ0n) is 15.3. The van der Waals surface area contributed by atoms with Gasteiger partial charge in [-0.1, -0.05) is 40.5 Å². The predicted molar refractivity (Wildman–Crippen MR) is 90.5 cm³/mol. The second-order valence-electron chi connectivity index (χ2n) is 7.76. The molecule has 3 heteroatoms. The first-order chi connectivity index (χ1) is 9.70. The number of carbonyl (C=O) groups excluding carboxylic acids is 1. The van der Waals surface area contributed by atoms with Gasteiger partial charge in [0.15, 0.2) is 0 Å². The summed E-state index contributed by atoms with van der Waals surface area (Å²) in [6.07, 6.45) is 6.10. The third kappa shape index (κ3) is 3.61. The molecule has 1 heterocycles. The van der Waals surface area contributed by atoms with E-state index < -0.39 is 0 Å². The molecule has 0 bridgehead atoms. The minimum absolute atomic E-state index is 0.0610. The molecular formula is C18H36N2O. The van der Waals surface area contributed by atoms with Gasteiger partial charge in [0.2, 0.25) is 5.91 Å². The lowest BCUT2D eigenvalue weighted by molar-refractivity contribution is -0.154. The Morgan fingerprint density at radius 2 is 1.52 bits per heavy atom. The SMILES string of the molecule is CCCC1(CCC)NC(CC)(CC)CN(C(C)(C)C)C1=O. The first kappa shape index (κ1) is 18.5. The van der Waals surface area contributed by atoms with Crippen molar-refractivity contribution < 1.29 is 4.79 Å². The van der Waals surface area contributed by atoms with Crippen LogP contribution in [0.15, 0.2) is 0 Å². The molecule has 0 aromatic carbocycles. The summed E-state index contributed by atoms with van der Waals surface area (Å²) in [5.74, 6) is 0.316. The third-order valence-corrected chi connectivity index (χ3v) is 5.14. The van der Waals surface area contributed by atoms with Crippen LogP contribution in [0, 0.1) is 0 Å². The lowest BCUT2D eigenvalue weighted by Crippen LogP contribution is -2.75. The maximum absolute atomic E-state index is 13.3. The molecule has 0 aliphatic carbocycles. The van der Waals surface area contributed by atoms with Gasteiger partial charge in [0.25, 0.3) is 0 Å². The number of carbonyl (C=O) groups is 1. The Balaban J connectivity index is 3.30. The van der Waals surface area contributed by atoms with Gasteiger partial charge in [0, 0.05) is 17.6 Å². The molecule has 1 rings (SSSR count). The van der Waals surface area contributed by atoms with Crippen LogP contribution in [0.4, 0.5) is 0 Å². The Morgan fingerprint density at radius 3 is 1.86 bits per heavy atom. The predicted octanol–water partition coefficient (Wildman–Crippen LogP) is 4.11.